The van der Waals surface area contributed by atoms with Gasteiger partial charge in [-0.25, -0.2) is 0 Å². The standard InChI is InChI=1S/C14H13ClOS/c1-14(13(15)16,10-12-8-5-9-17-12)11-6-3-2-4-7-11/h2-9H,10H2,1H3. The molecule has 0 aliphatic carbocycles. The average Bonchev–Trinajstić information content (AvgIpc) is 2.82. The molecule has 1 heterocycles. The normalized spacial score (nSPS) is 14.2. The fraction of sp³-hybridized carbons (Fsp3) is 0.214. The van der Waals surface area contributed by atoms with Gasteiger partial charge >= 0.3 is 0 Å². The van der Waals surface area contributed by atoms with Crippen molar-refractivity contribution >= 4 is 28.2 Å². The van der Waals surface area contributed by atoms with E-state index in [4.69, 9.17) is 11.6 Å². The van der Waals surface area contributed by atoms with Crippen molar-refractivity contribution < 1.29 is 4.79 Å². The van der Waals surface area contributed by atoms with E-state index in [1.807, 2.05) is 54.8 Å². The summed E-state index contributed by atoms with van der Waals surface area (Å²) in [5, 5.41) is 1.71. The second kappa shape index (κ2) is 5.03. The number of rotatable bonds is 4. The molecular formula is C14H13ClOS. The molecule has 1 aromatic heterocycles. The Balaban J connectivity index is 2.37. The third-order valence-corrected chi connectivity index (χ3v) is 4.25. The van der Waals surface area contributed by atoms with Crippen molar-refractivity contribution in [2.24, 2.45) is 0 Å². The quantitative estimate of drug-likeness (QED) is 0.763. The van der Waals surface area contributed by atoms with Crippen LogP contribution < -0.4 is 0 Å². The van der Waals surface area contributed by atoms with E-state index in [1.165, 1.54) is 4.88 Å². The summed E-state index contributed by atoms with van der Waals surface area (Å²) >= 11 is 7.45. The molecule has 0 fully saturated rings. The first kappa shape index (κ1) is 12.3. The van der Waals surface area contributed by atoms with Crippen LogP contribution >= 0.6 is 22.9 Å². The van der Waals surface area contributed by atoms with Crippen molar-refractivity contribution in [3.63, 3.8) is 0 Å². The van der Waals surface area contributed by atoms with Crippen LogP contribution in [0.1, 0.15) is 17.4 Å². The molecule has 0 saturated carbocycles. The summed E-state index contributed by atoms with van der Waals surface area (Å²) < 4.78 is 0. The number of benzene rings is 1. The molecule has 0 N–H and O–H groups in total. The van der Waals surface area contributed by atoms with Crippen LogP contribution in [0, 0.1) is 0 Å². The van der Waals surface area contributed by atoms with Crippen LogP contribution in [0.4, 0.5) is 0 Å². The molecule has 0 spiro atoms. The van der Waals surface area contributed by atoms with E-state index >= 15 is 0 Å². The minimum Gasteiger partial charge on any atom is -0.280 e. The SMILES string of the molecule is CC(Cc1cccs1)(C(=O)Cl)c1ccccc1. The third-order valence-electron chi connectivity index (χ3n) is 2.95. The zero-order valence-electron chi connectivity index (χ0n) is 9.52. The molecule has 1 nitrogen and oxygen atoms in total. The summed E-state index contributed by atoms with van der Waals surface area (Å²) in [6.07, 6.45) is 0.650. The molecule has 88 valence electrons. The van der Waals surface area contributed by atoms with E-state index in [0.717, 1.165) is 5.56 Å². The highest BCUT2D eigenvalue weighted by atomic mass is 35.5. The highest BCUT2D eigenvalue weighted by molar-refractivity contribution is 7.09. The molecule has 0 aliphatic heterocycles. The third kappa shape index (κ3) is 2.59. The van der Waals surface area contributed by atoms with Crippen LogP contribution in [0.15, 0.2) is 47.8 Å². The van der Waals surface area contributed by atoms with E-state index in [-0.39, 0.29) is 5.24 Å². The lowest BCUT2D eigenvalue weighted by molar-refractivity contribution is -0.116. The highest BCUT2D eigenvalue weighted by Crippen LogP contribution is 2.32. The molecule has 0 saturated heterocycles. The van der Waals surface area contributed by atoms with Crippen molar-refractivity contribution in [1.29, 1.82) is 0 Å². The van der Waals surface area contributed by atoms with Crippen LogP contribution in [-0.4, -0.2) is 5.24 Å². The lowest BCUT2D eigenvalue weighted by Crippen LogP contribution is -2.31. The van der Waals surface area contributed by atoms with Crippen LogP contribution in [0.2, 0.25) is 0 Å². The minimum absolute atomic E-state index is 0.308. The maximum absolute atomic E-state index is 11.8. The zero-order valence-corrected chi connectivity index (χ0v) is 11.1. The molecule has 1 atom stereocenters. The lowest BCUT2D eigenvalue weighted by atomic mass is 9.80. The van der Waals surface area contributed by atoms with E-state index in [9.17, 15) is 4.79 Å². The predicted molar refractivity (Wildman–Crippen MR) is 72.7 cm³/mol. The molecule has 0 radical (unpaired) electrons. The Morgan fingerprint density at radius 1 is 1.24 bits per heavy atom. The highest BCUT2D eigenvalue weighted by Gasteiger charge is 2.34. The van der Waals surface area contributed by atoms with Gasteiger partial charge in [-0.2, -0.15) is 0 Å². The molecule has 0 amide bonds. The molecule has 1 unspecified atom stereocenters. The zero-order chi connectivity index (χ0) is 12.3. The molecule has 17 heavy (non-hydrogen) atoms. The summed E-state index contributed by atoms with van der Waals surface area (Å²) in [6.45, 7) is 1.90. The van der Waals surface area contributed by atoms with Crippen LogP contribution in [0.3, 0.4) is 0 Å². The lowest BCUT2D eigenvalue weighted by Gasteiger charge is -2.25. The molecule has 3 heteroatoms. The van der Waals surface area contributed by atoms with Gasteiger partial charge in [-0.1, -0.05) is 36.4 Å². The Morgan fingerprint density at radius 3 is 2.47 bits per heavy atom. The second-order valence-corrected chi connectivity index (χ2v) is 5.60. The molecular weight excluding hydrogens is 252 g/mol. The molecule has 0 aliphatic rings. The number of halogens is 1. The monoisotopic (exact) mass is 264 g/mol. The predicted octanol–water partition coefficient (Wildman–Crippen LogP) is 4.01. The fourth-order valence-electron chi connectivity index (χ4n) is 1.85. The van der Waals surface area contributed by atoms with Gasteiger partial charge in [0.1, 0.15) is 0 Å². The Kier molecular flexibility index (Phi) is 3.65. The molecule has 0 bridgehead atoms. The Bertz CT molecular complexity index is 492. The van der Waals surface area contributed by atoms with Crippen molar-refractivity contribution in [3.05, 3.63) is 58.3 Å². The summed E-state index contributed by atoms with van der Waals surface area (Å²) in [6, 6.07) is 13.7. The number of carbonyl (C=O) groups excluding carboxylic acids is 1. The maximum atomic E-state index is 11.8. The van der Waals surface area contributed by atoms with Gasteiger partial charge in [0.2, 0.25) is 5.24 Å². The summed E-state index contributed by atoms with van der Waals surface area (Å²) in [4.78, 5) is 12.9. The van der Waals surface area contributed by atoms with Gasteiger partial charge in [-0.05, 0) is 42.0 Å². The van der Waals surface area contributed by atoms with Gasteiger partial charge in [0, 0.05) is 4.88 Å². The van der Waals surface area contributed by atoms with Crippen molar-refractivity contribution in [2.45, 2.75) is 18.8 Å². The topological polar surface area (TPSA) is 17.1 Å². The summed E-state index contributed by atoms with van der Waals surface area (Å²) in [5.74, 6) is 0. The van der Waals surface area contributed by atoms with Gasteiger partial charge in [0.05, 0.1) is 5.41 Å². The molecule has 1 aromatic carbocycles. The van der Waals surface area contributed by atoms with Gasteiger partial charge in [0.15, 0.2) is 0 Å². The smallest absolute Gasteiger partial charge is 0.232 e. The largest absolute Gasteiger partial charge is 0.280 e. The molecule has 2 rings (SSSR count). The maximum Gasteiger partial charge on any atom is 0.232 e. The Morgan fingerprint density at radius 2 is 1.94 bits per heavy atom. The number of hydrogen-bond acceptors (Lipinski definition) is 2. The Hall–Kier alpha value is -1.12. The van der Waals surface area contributed by atoms with Gasteiger partial charge < -0.3 is 0 Å². The van der Waals surface area contributed by atoms with Gasteiger partial charge in [-0.15, -0.1) is 11.3 Å². The summed E-state index contributed by atoms with van der Waals surface area (Å²) in [7, 11) is 0. The van der Waals surface area contributed by atoms with Crippen LogP contribution in [0.25, 0.3) is 0 Å². The number of hydrogen-bond donors (Lipinski definition) is 0. The first-order valence-electron chi connectivity index (χ1n) is 5.41. The van der Waals surface area contributed by atoms with E-state index in [0.29, 0.717) is 6.42 Å². The summed E-state index contributed by atoms with van der Waals surface area (Å²) in [5.41, 5.74) is 0.321. The van der Waals surface area contributed by atoms with Gasteiger partial charge in [-0.3, -0.25) is 4.79 Å². The van der Waals surface area contributed by atoms with Crippen LogP contribution in [-0.2, 0) is 16.6 Å². The average molecular weight is 265 g/mol. The minimum atomic E-state index is -0.645. The Labute approximate surface area is 110 Å². The van der Waals surface area contributed by atoms with Crippen molar-refractivity contribution in [1.82, 2.24) is 0 Å². The number of thiophene rings is 1. The fourth-order valence-corrected chi connectivity index (χ4v) is 2.89. The van der Waals surface area contributed by atoms with E-state index in [2.05, 4.69) is 0 Å². The first-order chi connectivity index (χ1) is 8.13. The van der Waals surface area contributed by atoms with Gasteiger partial charge in [0.25, 0.3) is 0 Å². The van der Waals surface area contributed by atoms with Crippen molar-refractivity contribution in [2.75, 3.05) is 0 Å². The van der Waals surface area contributed by atoms with Crippen molar-refractivity contribution in [3.8, 4) is 0 Å². The number of carbonyl (C=O) groups is 1. The van der Waals surface area contributed by atoms with E-state index < -0.39 is 5.41 Å². The van der Waals surface area contributed by atoms with E-state index in [1.54, 1.807) is 11.3 Å². The second-order valence-electron chi connectivity index (χ2n) is 4.23. The molecule has 2 aromatic rings. The first-order valence-corrected chi connectivity index (χ1v) is 6.66. The van der Waals surface area contributed by atoms with Crippen LogP contribution in [0.5, 0.6) is 0 Å².